The van der Waals surface area contributed by atoms with Crippen LogP contribution in [0.1, 0.15) is 40.2 Å². The lowest BCUT2D eigenvalue weighted by molar-refractivity contribution is -0.117. The highest BCUT2D eigenvalue weighted by Gasteiger charge is 2.15. The molecule has 0 unspecified atom stereocenters. The summed E-state index contributed by atoms with van der Waals surface area (Å²) in [6.45, 7) is 8.27. The number of nitrogens with two attached hydrogens (primary N) is 1. The molecule has 0 bridgehead atoms. The van der Waals surface area contributed by atoms with Gasteiger partial charge in [-0.15, -0.1) is 12.4 Å². The maximum atomic E-state index is 12.1. The zero-order chi connectivity index (χ0) is 15.6. The number of carbonyl (C=O) groups excluding carboxylic acids is 1. The third kappa shape index (κ3) is 4.21. The van der Waals surface area contributed by atoms with Crippen LogP contribution < -0.4 is 11.1 Å². The maximum Gasteiger partial charge on any atom is 0.241 e. The Kier molecular flexibility index (Phi) is 6.38. The lowest BCUT2D eigenvalue weighted by Gasteiger charge is -2.14. The molecule has 0 aliphatic carbocycles. The molecule has 0 saturated carbocycles. The number of carbonyl (C=O) groups is 1. The minimum absolute atomic E-state index is 0. The van der Waals surface area contributed by atoms with Crippen LogP contribution in [0.15, 0.2) is 24.4 Å². The Morgan fingerprint density at radius 2 is 2.00 bits per heavy atom. The Morgan fingerprint density at radius 3 is 2.59 bits per heavy atom. The standard InChI is InChI=1S/C16H24N4O.ClH/c1-10(2)7-14(17)16(21)19-13-6-5-12-9-18-20(11(3)4)15(12)8-13;/h5-6,8-11,14H,7,17H2,1-4H3,(H,19,21);1H/t14-;/m0./s1. The predicted molar refractivity (Wildman–Crippen MR) is 93.4 cm³/mol. The van der Waals surface area contributed by atoms with E-state index in [2.05, 4.69) is 38.1 Å². The van der Waals surface area contributed by atoms with Gasteiger partial charge in [-0.05, 0) is 44.4 Å². The molecule has 6 heteroatoms. The molecule has 0 aliphatic rings. The fourth-order valence-corrected chi connectivity index (χ4v) is 2.38. The van der Waals surface area contributed by atoms with E-state index in [1.807, 2.05) is 29.1 Å². The first-order valence-corrected chi connectivity index (χ1v) is 7.42. The van der Waals surface area contributed by atoms with E-state index in [1.165, 1.54) is 0 Å². The van der Waals surface area contributed by atoms with Gasteiger partial charge < -0.3 is 11.1 Å². The minimum Gasteiger partial charge on any atom is -0.325 e. The average molecular weight is 325 g/mol. The van der Waals surface area contributed by atoms with Crippen LogP contribution in [0.3, 0.4) is 0 Å². The molecule has 122 valence electrons. The molecular formula is C16H25ClN4O. The van der Waals surface area contributed by atoms with Crippen molar-refractivity contribution in [3.63, 3.8) is 0 Å². The monoisotopic (exact) mass is 324 g/mol. The molecule has 0 radical (unpaired) electrons. The summed E-state index contributed by atoms with van der Waals surface area (Å²) in [5.74, 6) is 0.259. The lowest BCUT2D eigenvalue weighted by Crippen LogP contribution is -2.36. The second-order valence-electron chi connectivity index (χ2n) is 6.18. The SMILES string of the molecule is CC(C)C[C@H](N)C(=O)Nc1ccc2cnn(C(C)C)c2c1.Cl. The number of hydrogen-bond acceptors (Lipinski definition) is 3. The normalized spacial score (nSPS) is 12.5. The second-order valence-corrected chi connectivity index (χ2v) is 6.18. The molecule has 5 nitrogen and oxygen atoms in total. The van der Waals surface area contributed by atoms with Crippen LogP contribution in [0.5, 0.6) is 0 Å². The highest BCUT2D eigenvalue weighted by molar-refractivity contribution is 5.96. The van der Waals surface area contributed by atoms with Crippen LogP contribution in [-0.2, 0) is 4.79 Å². The van der Waals surface area contributed by atoms with Gasteiger partial charge >= 0.3 is 0 Å². The van der Waals surface area contributed by atoms with Crippen LogP contribution in [0, 0.1) is 5.92 Å². The number of amides is 1. The van der Waals surface area contributed by atoms with Gasteiger partial charge in [0.2, 0.25) is 5.91 Å². The zero-order valence-corrected chi connectivity index (χ0v) is 14.4. The number of halogens is 1. The maximum absolute atomic E-state index is 12.1. The van der Waals surface area contributed by atoms with Crippen molar-refractivity contribution < 1.29 is 4.79 Å². The van der Waals surface area contributed by atoms with E-state index in [-0.39, 0.29) is 24.4 Å². The number of anilines is 1. The summed E-state index contributed by atoms with van der Waals surface area (Å²) in [5.41, 5.74) is 7.68. The van der Waals surface area contributed by atoms with E-state index in [4.69, 9.17) is 5.73 Å². The molecule has 1 atom stereocenters. The van der Waals surface area contributed by atoms with Gasteiger partial charge in [0.15, 0.2) is 0 Å². The number of nitrogens with one attached hydrogen (secondary N) is 1. The summed E-state index contributed by atoms with van der Waals surface area (Å²) in [4.78, 5) is 12.1. The summed E-state index contributed by atoms with van der Waals surface area (Å²) in [6, 6.07) is 5.59. The smallest absolute Gasteiger partial charge is 0.241 e. The zero-order valence-electron chi connectivity index (χ0n) is 13.5. The van der Waals surface area contributed by atoms with E-state index in [0.717, 1.165) is 16.6 Å². The Hall–Kier alpha value is -1.59. The van der Waals surface area contributed by atoms with Crippen LogP contribution in [-0.4, -0.2) is 21.7 Å². The first kappa shape index (κ1) is 18.5. The second kappa shape index (κ2) is 7.61. The fourth-order valence-electron chi connectivity index (χ4n) is 2.38. The molecule has 0 spiro atoms. The molecule has 2 aromatic rings. The van der Waals surface area contributed by atoms with Crippen LogP contribution in [0.2, 0.25) is 0 Å². The van der Waals surface area contributed by atoms with Crippen molar-refractivity contribution in [1.82, 2.24) is 9.78 Å². The Balaban J connectivity index is 0.00000242. The Bertz CT molecular complexity index is 636. The topological polar surface area (TPSA) is 72.9 Å². The van der Waals surface area contributed by atoms with Crippen molar-refractivity contribution >= 4 is 34.9 Å². The molecule has 3 N–H and O–H groups in total. The van der Waals surface area contributed by atoms with Gasteiger partial charge in [-0.1, -0.05) is 13.8 Å². The van der Waals surface area contributed by atoms with Gasteiger partial charge in [-0.3, -0.25) is 9.48 Å². The molecule has 1 aromatic heterocycles. The van der Waals surface area contributed by atoms with E-state index >= 15 is 0 Å². The van der Waals surface area contributed by atoms with Crippen LogP contribution in [0.25, 0.3) is 10.9 Å². The van der Waals surface area contributed by atoms with Crippen molar-refractivity contribution in [2.24, 2.45) is 11.7 Å². The van der Waals surface area contributed by atoms with Crippen molar-refractivity contribution in [2.75, 3.05) is 5.32 Å². The molecule has 2 rings (SSSR count). The molecule has 1 aromatic carbocycles. The number of fused-ring (bicyclic) bond motifs is 1. The molecule has 1 amide bonds. The van der Waals surface area contributed by atoms with Crippen molar-refractivity contribution in [3.8, 4) is 0 Å². The number of aromatic nitrogens is 2. The van der Waals surface area contributed by atoms with Crippen molar-refractivity contribution in [3.05, 3.63) is 24.4 Å². The third-order valence-electron chi connectivity index (χ3n) is 3.42. The van der Waals surface area contributed by atoms with Gasteiger partial charge in [0.1, 0.15) is 0 Å². The highest BCUT2D eigenvalue weighted by atomic mass is 35.5. The molecule has 22 heavy (non-hydrogen) atoms. The third-order valence-corrected chi connectivity index (χ3v) is 3.42. The highest BCUT2D eigenvalue weighted by Crippen LogP contribution is 2.22. The Labute approximate surface area is 137 Å². The van der Waals surface area contributed by atoms with E-state index in [9.17, 15) is 4.79 Å². The van der Waals surface area contributed by atoms with E-state index in [1.54, 1.807) is 0 Å². The van der Waals surface area contributed by atoms with Crippen LogP contribution >= 0.6 is 12.4 Å². The molecule has 0 aliphatic heterocycles. The van der Waals surface area contributed by atoms with Gasteiger partial charge in [0.25, 0.3) is 0 Å². The van der Waals surface area contributed by atoms with Crippen molar-refractivity contribution in [1.29, 1.82) is 0 Å². The van der Waals surface area contributed by atoms with Gasteiger partial charge in [0, 0.05) is 17.1 Å². The van der Waals surface area contributed by atoms with Gasteiger partial charge in [-0.25, -0.2) is 0 Å². The first-order chi connectivity index (χ1) is 9.88. The summed E-state index contributed by atoms with van der Waals surface area (Å²) < 4.78 is 1.94. The van der Waals surface area contributed by atoms with E-state index in [0.29, 0.717) is 12.3 Å². The largest absolute Gasteiger partial charge is 0.325 e. The van der Waals surface area contributed by atoms with Crippen molar-refractivity contribution in [2.45, 2.75) is 46.2 Å². The summed E-state index contributed by atoms with van der Waals surface area (Å²) in [5, 5.41) is 8.32. The minimum atomic E-state index is -0.476. The van der Waals surface area contributed by atoms with Gasteiger partial charge in [-0.2, -0.15) is 5.10 Å². The average Bonchev–Trinajstić information content (AvgIpc) is 2.80. The summed E-state index contributed by atoms with van der Waals surface area (Å²) in [6.07, 6.45) is 2.52. The predicted octanol–water partition coefficient (Wildman–Crippen LogP) is 3.35. The number of nitrogens with zero attached hydrogens (tertiary/aromatic N) is 2. The first-order valence-electron chi connectivity index (χ1n) is 7.42. The van der Waals surface area contributed by atoms with Crippen LogP contribution in [0.4, 0.5) is 5.69 Å². The Morgan fingerprint density at radius 1 is 1.32 bits per heavy atom. The summed E-state index contributed by atoms with van der Waals surface area (Å²) in [7, 11) is 0. The number of rotatable bonds is 5. The number of benzene rings is 1. The molecule has 0 saturated heterocycles. The molecular weight excluding hydrogens is 300 g/mol. The molecule has 1 heterocycles. The van der Waals surface area contributed by atoms with E-state index < -0.39 is 6.04 Å². The quantitative estimate of drug-likeness (QED) is 0.885. The fraction of sp³-hybridized carbons (Fsp3) is 0.500. The molecule has 0 fully saturated rings. The lowest BCUT2D eigenvalue weighted by atomic mass is 10.0. The number of hydrogen-bond donors (Lipinski definition) is 2. The van der Waals surface area contributed by atoms with Gasteiger partial charge in [0.05, 0.1) is 17.8 Å². The summed E-state index contributed by atoms with van der Waals surface area (Å²) >= 11 is 0.